The number of esters is 1. The number of amides is 1. The highest BCUT2D eigenvalue weighted by atomic mass is 31.2. The van der Waals surface area contributed by atoms with Gasteiger partial charge in [-0.3, -0.25) is 14.2 Å². The molecule has 9 nitrogen and oxygen atoms in total. The lowest BCUT2D eigenvalue weighted by atomic mass is 10.0. The van der Waals surface area contributed by atoms with Crippen molar-refractivity contribution in [2.45, 2.75) is 322 Å². The van der Waals surface area contributed by atoms with Gasteiger partial charge in [0.2, 0.25) is 5.91 Å². The van der Waals surface area contributed by atoms with E-state index in [1.54, 1.807) is 0 Å². The molecule has 0 rings (SSSR count). The number of unbranched alkanes of at least 4 members (excludes halogenated alkanes) is 40. The Morgan fingerprint density at radius 2 is 0.814 bits per heavy atom. The molecule has 0 heterocycles. The molecule has 0 aliphatic heterocycles. The number of carbonyl (C=O) groups excluding carboxylic acids is 2. The molecule has 0 aromatic rings. The molecule has 0 saturated carbocycles. The van der Waals surface area contributed by atoms with Gasteiger partial charge in [0, 0.05) is 12.8 Å². The minimum absolute atomic E-state index is 0.0169. The molecular formula is C60H119N2O7P. The molecule has 10 heteroatoms. The van der Waals surface area contributed by atoms with Gasteiger partial charge in [0.05, 0.1) is 33.8 Å². The molecule has 0 aromatic heterocycles. The van der Waals surface area contributed by atoms with Crippen LogP contribution >= 0.6 is 7.82 Å². The second-order valence-electron chi connectivity index (χ2n) is 22.2. The van der Waals surface area contributed by atoms with Crippen molar-refractivity contribution in [1.29, 1.82) is 0 Å². The number of hydrogen-bond donors (Lipinski definition) is 1. The van der Waals surface area contributed by atoms with E-state index in [0.29, 0.717) is 17.4 Å². The predicted molar refractivity (Wildman–Crippen MR) is 298 cm³/mol. The molecule has 0 fully saturated rings. The van der Waals surface area contributed by atoms with Crippen molar-refractivity contribution in [3.05, 3.63) is 12.2 Å². The normalized spacial score (nSPS) is 13.8. The molecule has 0 aromatic carbocycles. The van der Waals surface area contributed by atoms with Gasteiger partial charge in [0.15, 0.2) is 0 Å². The number of carbonyl (C=O) groups is 2. The van der Waals surface area contributed by atoms with E-state index in [9.17, 15) is 19.0 Å². The van der Waals surface area contributed by atoms with Gasteiger partial charge in [0.1, 0.15) is 19.3 Å². The van der Waals surface area contributed by atoms with Crippen molar-refractivity contribution >= 4 is 19.7 Å². The van der Waals surface area contributed by atoms with Gasteiger partial charge in [-0.15, -0.1) is 0 Å². The molecule has 1 amide bonds. The molecule has 0 radical (unpaired) electrons. The van der Waals surface area contributed by atoms with Crippen molar-refractivity contribution in [3.63, 3.8) is 0 Å². The summed E-state index contributed by atoms with van der Waals surface area (Å²) in [6.07, 6.45) is 57.4. The van der Waals surface area contributed by atoms with E-state index in [0.717, 1.165) is 57.8 Å². The third-order valence-electron chi connectivity index (χ3n) is 14.0. The molecule has 70 heavy (non-hydrogen) atoms. The van der Waals surface area contributed by atoms with Gasteiger partial charge in [0.25, 0.3) is 7.82 Å². The Labute approximate surface area is 435 Å². The predicted octanol–water partition coefficient (Wildman–Crippen LogP) is 17.8. The number of hydrogen-bond acceptors (Lipinski definition) is 7. The Morgan fingerprint density at radius 1 is 0.486 bits per heavy atom. The number of ether oxygens (including phenoxy) is 1. The van der Waals surface area contributed by atoms with Crippen molar-refractivity contribution in [1.82, 2.24) is 5.32 Å². The minimum Gasteiger partial charge on any atom is -0.756 e. The molecule has 0 aliphatic carbocycles. The quantitative estimate of drug-likeness (QED) is 0.0212. The number of nitrogens with one attached hydrogen (secondary N) is 1. The summed E-state index contributed by atoms with van der Waals surface area (Å²) in [5, 5.41) is 3.03. The highest BCUT2D eigenvalue weighted by molar-refractivity contribution is 7.45. The Hall–Kier alpha value is -1.25. The van der Waals surface area contributed by atoms with Crippen LogP contribution in [0, 0.1) is 0 Å². The van der Waals surface area contributed by atoms with Gasteiger partial charge in [-0.2, -0.15) is 0 Å². The molecule has 1 N–H and O–H groups in total. The van der Waals surface area contributed by atoms with Crippen LogP contribution in [0.15, 0.2) is 12.2 Å². The first kappa shape index (κ1) is 68.8. The largest absolute Gasteiger partial charge is 0.756 e. The van der Waals surface area contributed by atoms with Crippen molar-refractivity contribution in [3.8, 4) is 0 Å². The monoisotopic (exact) mass is 1010 g/mol. The molecule has 0 spiro atoms. The summed E-state index contributed by atoms with van der Waals surface area (Å²) >= 11 is 0. The average Bonchev–Trinajstić information content (AvgIpc) is 3.32. The lowest BCUT2D eigenvalue weighted by Gasteiger charge is -2.30. The highest BCUT2D eigenvalue weighted by Gasteiger charge is 2.27. The van der Waals surface area contributed by atoms with E-state index >= 15 is 0 Å². The van der Waals surface area contributed by atoms with Crippen LogP contribution < -0.4 is 10.2 Å². The third kappa shape index (κ3) is 51.6. The van der Waals surface area contributed by atoms with Crippen LogP contribution in [-0.2, 0) is 27.9 Å². The fourth-order valence-corrected chi connectivity index (χ4v) is 9.95. The molecule has 0 saturated heterocycles. The second kappa shape index (κ2) is 51.2. The molecule has 3 unspecified atom stereocenters. The molecule has 416 valence electrons. The highest BCUT2D eigenvalue weighted by Crippen LogP contribution is 2.38. The third-order valence-corrected chi connectivity index (χ3v) is 14.9. The summed E-state index contributed by atoms with van der Waals surface area (Å²) in [5.74, 6) is -0.521. The number of rotatable bonds is 56. The smallest absolute Gasteiger partial charge is 0.306 e. The maximum absolute atomic E-state index is 13.5. The van der Waals surface area contributed by atoms with Gasteiger partial charge in [-0.25, -0.2) is 0 Å². The standard InChI is InChI=1S/C60H119N2O7P/c1-7-10-13-16-19-22-25-27-29-30-31-32-33-35-38-41-44-47-50-53-60(64)69-58(51-48-45-42-39-36-24-21-18-15-12-9-3)57(56-68-70(65,66)67-55-54-62(4,5)6)61-59(63)52-49-46-43-40-37-34-28-26-23-20-17-14-11-8-2/h48,51,57-58H,7-47,49-50,52-56H2,1-6H3,(H-,61,63,65,66)/b51-48+. The Balaban J connectivity index is 5.18. The first-order chi connectivity index (χ1) is 33.9. The van der Waals surface area contributed by atoms with Crippen LogP contribution in [0.2, 0.25) is 0 Å². The van der Waals surface area contributed by atoms with Gasteiger partial charge in [-0.1, -0.05) is 277 Å². The zero-order chi connectivity index (χ0) is 51.5. The summed E-state index contributed by atoms with van der Waals surface area (Å²) in [6, 6.07) is -0.878. The number of allylic oxidation sites excluding steroid dienone is 1. The molecular weight excluding hydrogens is 892 g/mol. The summed E-state index contributed by atoms with van der Waals surface area (Å²) in [6.45, 7) is 6.88. The van der Waals surface area contributed by atoms with Crippen LogP contribution in [0.5, 0.6) is 0 Å². The number of phosphoric ester groups is 1. The van der Waals surface area contributed by atoms with Crippen LogP contribution in [0.3, 0.4) is 0 Å². The lowest BCUT2D eigenvalue weighted by molar-refractivity contribution is -0.870. The molecule has 0 bridgehead atoms. The van der Waals surface area contributed by atoms with E-state index in [4.69, 9.17) is 13.8 Å². The SMILES string of the molecule is CCCCCCCCCCC/C=C/C(OC(=O)CCCCCCCCCCCCCCCCCCCCC)C(COP(=O)([O-])OCC[N+](C)(C)C)NC(=O)CCCCCCCCCCCCCCCC. The Bertz CT molecular complexity index is 1210. The first-order valence-electron chi connectivity index (χ1n) is 30.5. The topological polar surface area (TPSA) is 114 Å². The van der Waals surface area contributed by atoms with E-state index in [-0.39, 0.29) is 31.5 Å². The summed E-state index contributed by atoms with van der Waals surface area (Å²) in [7, 11) is 1.21. The second-order valence-corrected chi connectivity index (χ2v) is 23.6. The van der Waals surface area contributed by atoms with E-state index in [1.165, 1.54) is 218 Å². The minimum atomic E-state index is -4.68. The van der Waals surface area contributed by atoms with E-state index < -0.39 is 20.0 Å². The van der Waals surface area contributed by atoms with Gasteiger partial charge in [-0.05, 0) is 31.8 Å². The van der Waals surface area contributed by atoms with Gasteiger partial charge >= 0.3 is 5.97 Å². The number of likely N-dealkylation sites (N-methyl/N-ethyl adjacent to an activating group) is 1. The van der Waals surface area contributed by atoms with Crippen LogP contribution in [0.25, 0.3) is 0 Å². The number of phosphoric acid groups is 1. The fourth-order valence-electron chi connectivity index (χ4n) is 9.23. The number of nitrogens with zero attached hydrogens (tertiary/aromatic N) is 1. The van der Waals surface area contributed by atoms with Crippen LogP contribution in [-0.4, -0.2) is 69.4 Å². The molecule has 0 aliphatic rings. The van der Waals surface area contributed by atoms with E-state index in [1.807, 2.05) is 33.3 Å². The van der Waals surface area contributed by atoms with Crippen LogP contribution in [0.4, 0.5) is 0 Å². The first-order valence-corrected chi connectivity index (χ1v) is 32.0. The fraction of sp³-hybridized carbons (Fsp3) is 0.933. The Morgan fingerprint density at radius 3 is 1.17 bits per heavy atom. The average molecular weight is 1010 g/mol. The summed E-state index contributed by atoms with van der Waals surface area (Å²) in [5.41, 5.74) is 0. The van der Waals surface area contributed by atoms with Crippen molar-refractivity contribution in [2.75, 3.05) is 40.9 Å². The Kier molecular flexibility index (Phi) is 50.3. The van der Waals surface area contributed by atoms with Crippen molar-refractivity contribution in [2.24, 2.45) is 0 Å². The maximum atomic E-state index is 13.5. The number of quaternary nitrogens is 1. The summed E-state index contributed by atoms with van der Waals surface area (Å²) in [4.78, 5) is 39.9. The van der Waals surface area contributed by atoms with Crippen molar-refractivity contribution < 1.29 is 37.3 Å². The van der Waals surface area contributed by atoms with Gasteiger partial charge < -0.3 is 28.5 Å². The zero-order valence-corrected chi connectivity index (χ0v) is 48.4. The zero-order valence-electron chi connectivity index (χ0n) is 47.5. The molecule has 3 atom stereocenters. The lowest BCUT2D eigenvalue weighted by Crippen LogP contribution is -2.47. The summed E-state index contributed by atoms with van der Waals surface area (Å²) < 4.78 is 30.3. The van der Waals surface area contributed by atoms with Crippen LogP contribution in [0.1, 0.15) is 310 Å². The maximum Gasteiger partial charge on any atom is 0.306 e. The van der Waals surface area contributed by atoms with E-state index in [2.05, 4.69) is 26.1 Å².